The third-order valence-electron chi connectivity index (χ3n) is 3.22. The summed E-state index contributed by atoms with van der Waals surface area (Å²) in [7, 11) is 1.33. The first-order valence-electron chi connectivity index (χ1n) is 7.09. The van der Waals surface area contributed by atoms with E-state index in [4.69, 9.17) is 16.6 Å². The number of methoxy groups -OCH3 is 1. The molecule has 3 aromatic rings. The van der Waals surface area contributed by atoms with Gasteiger partial charge in [0.25, 0.3) is 0 Å². The van der Waals surface area contributed by atoms with Crippen LogP contribution >= 0.6 is 35.3 Å². The normalized spacial score (nSPS) is 12.1. The van der Waals surface area contributed by atoms with Gasteiger partial charge in [-0.05, 0) is 43.4 Å². The SMILES string of the molecule is COC(=O)c1ccc(C(C)Sc2nn(-c3ccccc3)c(=S)s2)o1. The van der Waals surface area contributed by atoms with Crippen molar-refractivity contribution in [3.8, 4) is 5.69 Å². The van der Waals surface area contributed by atoms with Gasteiger partial charge in [0.05, 0.1) is 18.0 Å². The molecule has 0 radical (unpaired) electrons. The van der Waals surface area contributed by atoms with Gasteiger partial charge >= 0.3 is 5.97 Å². The fourth-order valence-electron chi connectivity index (χ4n) is 2.03. The topological polar surface area (TPSA) is 57.3 Å². The molecule has 2 heterocycles. The smallest absolute Gasteiger partial charge is 0.373 e. The summed E-state index contributed by atoms with van der Waals surface area (Å²) in [5, 5.41) is 4.56. The first-order chi connectivity index (χ1) is 11.6. The summed E-state index contributed by atoms with van der Waals surface area (Å²) in [6, 6.07) is 13.2. The number of aromatic nitrogens is 2. The number of nitrogens with zero attached hydrogens (tertiary/aromatic N) is 2. The predicted molar refractivity (Wildman–Crippen MR) is 96.6 cm³/mol. The first-order valence-corrected chi connectivity index (χ1v) is 9.19. The second kappa shape index (κ2) is 7.33. The average molecular weight is 379 g/mol. The number of hydrogen-bond acceptors (Lipinski definition) is 7. The number of thioether (sulfide) groups is 1. The van der Waals surface area contributed by atoms with Crippen LogP contribution in [0.2, 0.25) is 0 Å². The van der Waals surface area contributed by atoms with Gasteiger partial charge in [0.2, 0.25) is 5.76 Å². The van der Waals surface area contributed by atoms with Crippen LogP contribution in [0.3, 0.4) is 0 Å². The van der Waals surface area contributed by atoms with E-state index in [1.165, 1.54) is 30.2 Å². The van der Waals surface area contributed by atoms with Gasteiger partial charge in [-0.2, -0.15) is 0 Å². The molecular formula is C16H14N2O3S3. The Morgan fingerprint density at radius 2 is 2.08 bits per heavy atom. The number of benzene rings is 1. The number of esters is 1. The summed E-state index contributed by atoms with van der Waals surface area (Å²) in [6.45, 7) is 1.99. The van der Waals surface area contributed by atoms with Gasteiger partial charge in [0, 0.05) is 0 Å². The average Bonchev–Trinajstić information content (AvgIpc) is 3.22. The Labute approximate surface area is 152 Å². The zero-order chi connectivity index (χ0) is 17.1. The minimum atomic E-state index is -0.484. The van der Waals surface area contributed by atoms with E-state index >= 15 is 0 Å². The van der Waals surface area contributed by atoms with E-state index in [2.05, 4.69) is 9.84 Å². The van der Waals surface area contributed by atoms with Crippen molar-refractivity contribution in [1.29, 1.82) is 0 Å². The van der Waals surface area contributed by atoms with E-state index in [9.17, 15) is 4.79 Å². The van der Waals surface area contributed by atoms with Crippen molar-refractivity contribution in [2.75, 3.05) is 7.11 Å². The van der Waals surface area contributed by atoms with Gasteiger partial charge in [-0.25, -0.2) is 9.48 Å². The highest BCUT2D eigenvalue weighted by molar-refractivity contribution is 8.01. The summed E-state index contributed by atoms with van der Waals surface area (Å²) in [4.78, 5) is 11.5. The van der Waals surface area contributed by atoms with Gasteiger partial charge in [0.1, 0.15) is 5.76 Å². The number of ether oxygens (including phenoxy) is 1. The molecule has 0 amide bonds. The monoisotopic (exact) mass is 378 g/mol. The maximum atomic E-state index is 11.5. The zero-order valence-electron chi connectivity index (χ0n) is 13.0. The van der Waals surface area contributed by atoms with Crippen LogP contribution in [0, 0.1) is 3.95 Å². The van der Waals surface area contributed by atoms with Crippen molar-refractivity contribution in [3.05, 3.63) is 57.9 Å². The molecular weight excluding hydrogens is 364 g/mol. The van der Waals surface area contributed by atoms with Crippen LogP contribution < -0.4 is 0 Å². The maximum Gasteiger partial charge on any atom is 0.373 e. The standard InChI is InChI=1S/C16H14N2O3S3/c1-10(12-8-9-13(21-12)14(19)20-2)23-15-17-18(16(22)24-15)11-6-4-3-5-7-11/h3-10H,1-2H3. The van der Waals surface area contributed by atoms with Crippen LogP contribution in [0.5, 0.6) is 0 Å². The molecule has 2 aromatic heterocycles. The minimum absolute atomic E-state index is 0.00632. The van der Waals surface area contributed by atoms with Crippen molar-refractivity contribution in [3.63, 3.8) is 0 Å². The molecule has 0 N–H and O–H groups in total. The minimum Gasteiger partial charge on any atom is -0.463 e. The van der Waals surface area contributed by atoms with Gasteiger partial charge in [0.15, 0.2) is 8.29 Å². The molecule has 5 nitrogen and oxygen atoms in total. The van der Waals surface area contributed by atoms with Crippen LogP contribution in [-0.4, -0.2) is 22.9 Å². The lowest BCUT2D eigenvalue weighted by atomic mass is 10.3. The Balaban J connectivity index is 1.78. The first kappa shape index (κ1) is 16.9. The van der Waals surface area contributed by atoms with E-state index in [-0.39, 0.29) is 11.0 Å². The lowest BCUT2D eigenvalue weighted by Crippen LogP contribution is -1.98. The molecule has 3 rings (SSSR count). The lowest BCUT2D eigenvalue weighted by Gasteiger charge is -2.05. The molecule has 124 valence electrons. The Morgan fingerprint density at radius 3 is 2.79 bits per heavy atom. The third kappa shape index (κ3) is 3.61. The largest absolute Gasteiger partial charge is 0.463 e. The Bertz CT molecular complexity index is 899. The summed E-state index contributed by atoms with van der Waals surface area (Å²) < 4.78 is 13.5. The molecule has 0 saturated heterocycles. The fourth-order valence-corrected chi connectivity index (χ4v) is 4.61. The second-order valence-electron chi connectivity index (χ2n) is 4.83. The van der Waals surface area contributed by atoms with E-state index < -0.39 is 5.97 Å². The second-order valence-corrected chi connectivity index (χ2v) is 8.05. The van der Waals surface area contributed by atoms with Crippen molar-refractivity contribution in [2.24, 2.45) is 0 Å². The Hall–Kier alpha value is -1.90. The molecule has 0 aliphatic carbocycles. The number of carbonyl (C=O) groups is 1. The van der Waals surface area contributed by atoms with Gasteiger partial charge < -0.3 is 9.15 Å². The van der Waals surface area contributed by atoms with Crippen molar-refractivity contribution in [1.82, 2.24) is 9.78 Å². The highest BCUT2D eigenvalue weighted by Gasteiger charge is 2.18. The van der Waals surface area contributed by atoms with Crippen LogP contribution in [0.15, 0.2) is 51.2 Å². The molecule has 24 heavy (non-hydrogen) atoms. The molecule has 0 bridgehead atoms. The predicted octanol–water partition coefficient (Wildman–Crippen LogP) is 4.90. The van der Waals surface area contributed by atoms with Crippen LogP contribution in [0.1, 0.15) is 28.5 Å². The van der Waals surface area contributed by atoms with Gasteiger partial charge in [-0.1, -0.05) is 41.3 Å². The highest BCUT2D eigenvalue weighted by Crippen LogP contribution is 2.37. The molecule has 1 unspecified atom stereocenters. The fraction of sp³-hybridized carbons (Fsp3) is 0.188. The van der Waals surface area contributed by atoms with Gasteiger partial charge in [-0.15, -0.1) is 5.10 Å². The molecule has 0 fully saturated rings. The number of para-hydroxylation sites is 1. The quantitative estimate of drug-likeness (QED) is 0.358. The summed E-state index contributed by atoms with van der Waals surface area (Å²) in [5.41, 5.74) is 0.934. The number of furan rings is 1. The van der Waals surface area contributed by atoms with E-state index in [0.717, 1.165) is 10.0 Å². The summed E-state index contributed by atoms with van der Waals surface area (Å²) in [6.07, 6.45) is 0. The van der Waals surface area contributed by atoms with E-state index in [0.29, 0.717) is 9.71 Å². The molecule has 0 saturated carbocycles. The molecule has 0 spiro atoms. The third-order valence-corrected chi connectivity index (χ3v) is 5.66. The van der Waals surface area contributed by atoms with Crippen LogP contribution in [-0.2, 0) is 4.74 Å². The number of hydrogen-bond donors (Lipinski definition) is 0. The number of rotatable bonds is 5. The molecule has 0 aliphatic rings. The van der Waals surface area contributed by atoms with E-state index in [1.807, 2.05) is 37.3 Å². The number of carbonyl (C=O) groups excluding carboxylic acids is 1. The van der Waals surface area contributed by atoms with Crippen LogP contribution in [0.4, 0.5) is 0 Å². The lowest BCUT2D eigenvalue weighted by molar-refractivity contribution is 0.0563. The Morgan fingerprint density at radius 1 is 1.33 bits per heavy atom. The summed E-state index contributed by atoms with van der Waals surface area (Å²) >= 11 is 8.38. The molecule has 8 heteroatoms. The van der Waals surface area contributed by atoms with Gasteiger partial charge in [-0.3, -0.25) is 0 Å². The van der Waals surface area contributed by atoms with Crippen molar-refractivity contribution in [2.45, 2.75) is 16.5 Å². The molecule has 1 atom stereocenters. The highest BCUT2D eigenvalue weighted by atomic mass is 32.2. The van der Waals surface area contributed by atoms with Crippen molar-refractivity contribution < 1.29 is 13.9 Å². The molecule has 1 aromatic carbocycles. The Kier molecular flexibility index (Phi) is 5.17. The maximum absolute atomic E-state index is 11.5. The van der Waals surface area contributed by atoms with Crippen LogP contribution in [0.25, 0.3) is 5.69 Å². The zero-order valence-corrected chi connectivity index (χ0v) is 15.4. The molecule has 0 aliphatic heterocycles. The van der Waals surface area contributed by atoms with Crippen molar-refractivity contribution >= 4 is 41.3 Å². The van der Waals surface area contributed by atoms with E-state index in [1.54, 1.807) is 16.8 Å². The summed E-state index contributed by atoms with van der Waals surface area (Å²) in [5.74, 6) is 0.401.